The first-order valence-electron chi connectivity index (χ1n) is 8.83. The van der Waals surface area contributed by atoms with E-state index in [0.717, 1.165) is 18.3 Å². The summed E-state index contributed by atoms with van der Waals surface area (Å²) in [6.07, 6.45) is 1.09. The van der Waals surface area contributed by atoms with Crippen molar-refractivity contribution in [3.05, 3.63) is 63.1 Å². The number of nitrogens with one attached hydrogen (secondary N) is 1. The fourth-order valence-electron chi connectivity index (χ4n) is 3.02. The number of hydrogen-bond donors (Lipinski definition) is 2. The molecule has 1 amide bonds. The number of halogens is 4. The van der Waals surface area contributed by atoms with E-state index in [4.69, 9.17) is 28.9 Å². The van der Waals surface area contributed by atoms with Gasteiger partial charge in [0.2, 0.25) is 0 Å². The minimum absolute atomic E-state index is 0.0477. The van der Waals surface area contributed by atoms with Crippen LogP contribution < -0.4 is 16.1 Å². The first-order valence-corrected chi connectivity index (χ1v) is 9.99. The van der Waals surface area contributed by atoms with Gasteiger partial charge in [-0.15, -0.1) is 0 Å². The van der Waals surface area contributed by atoms with Crippen molar-refractivity contribution < 1.29 is 13.6 Å². The molecule has 0 bridgehead atoms. The Kier molecular flexibility index (Phi) is 7.06. The number of carbonyl (C=O) groups excluding carboxylic acids is 1. The molecule has 0 radical (unpaired) electrons. The minimum atomic E-state index is -0.644. The lowest BCUT2D eigenvalue weighted by atomic mass is 10.1. The van der Waals surface area contributed by atoms with Crippen LogP contribution in [0.2, 0.25) is 10.0 Å². The minimum Gasteiger partial charge on any atom is -0.375 e. The molecule has 1 fully saturated rings. The maximum atomic E-state index is 14.6. The van der Waals surface area contributed by atoms with Gasteiger partial charge in [0.15, 0.2) is 5.11 Å². The Balaban J connectivity index is 1.67. The second kappa shape index (κ2) is 9.55. The third kappa shape index (κ3) is 5.16. The number of benzene rings is 2. The Bertz CT molecular complexity index is 1010. The van der Waals surface area contributed by atoms with Crippen molar-refractivity contribution in [3.63, 3.8) is 0 Å². The van der Waals surface area contributed by atoms with E-state index in [9.17, 15) is 13.6 Å². The number of carbonyl (C=O) groups is 1. The molecule has 2 aromatic rings. The lowest BCUT2D eigenvalue weighted by Crippen LogP contribution is -2.49. The van der Waals surface area contributed by atoms with Crippen LogP contribution >= 0.6 is 35.4 Å². The predicted molar refractivity (Wildman–Crippen MR) is 118 cm³/mol. The molecule has 1 aliphatic rings. The van der Waals surface area contributed by atoms with Crippen LogP contribution in [0.4, 0.5) is 14.5 Å². The van der Waals surface area contributed by atoms with Gasteiger partial charge in [0, 0.05) is 43.4 Å². The van der Waals surface area contributed by atoms with Crippen molar-refractivity contribution in [1.82, 2.24) is 10.3 Å². The number of piperazine rings is 1. The molecular weight excluding hydrogens is 455 g/mol. The Morgan fingerprint density at radius 2 is 1.80 bits per heavy atom. The van der Waals surface area contributed by atoms with Gasteiger partial charge in [0.25, 0.3) is 5.91 Å². The number of anilines is 1. The van der Waals surface area contributed by atoms with E-state index in [0.29, 0.717) is 41.8 Å². The Labute approximate surface area is 187 Å². The summed E-state index contributed by atoms with van der Waals surface area (Å²) in [5, 5.41) is 4.21. The molecule has 30 heavy (non-hydrogen) atoms. The second-order valence-electron chi connectivity index (χ2n) is 6.47. The number of rotatable bonds is 4. The highest BCUT2D eigenvalue weighted by atomic mass is 35.5. The van der Waals surface area contributed by atoms with Gasteiger partial charge in [-0.1, -0.05) is 23.2 Å². The molecule has 1 heterocycles. The maximum Gasteiger partial charge on any atom is 0.254 e. The van der Waals surface area contributed by atoms with Gasteiger partial charge in [0.05, 0.1) is 21.9 Å². The van der Waals surface area contributed by atoms with Gasteiger partial charge in [-0.05, 0) is 36.5 Å². The number of nitrogens with zero attached hydrogens (tertiary/aromatic N) is 3. The first-order chi connectivity index (χ1) is 14.3. The average Bonchev–Trinajstić information content (AvgIpc) is 2.71. The number of hydrazone groups is 1. The Morgan fingerprint density at radius 1 is 1.10 bits per heavy atom. The summed E-state index contributed by atoms with van der Waals surface area (Å²) in [5.74, 6) is -1.44. The topological polar surface area (TPSA) is 74.0 Å². The molecule has 11 heteroatoms. The summed E-state index contributed by atoms with van der Waals surface area (Å²) in [6.45, 7) is 1.39. The van der Waals surface area contributed by atoms with E-state index >= 15 is 0 Å². The van der Waals surface area contributed by atoms with Crippen molar-refractivity contribution >= 4 is 58.3 Å². The highest BCUT2D eigenvalue weighted by Gasteiger charge is 2.25. The summed E-state index contributed by atoms with van der Waals surface area (Å²) in [7, 11) is 0. The SMILES string of the molecule is NC(=S)N/N=C/c1cc(F)c(N2CCN(C(=O)c3ccc(Cl)c(Cl)c3)CC2)cc1F. The molecule has 1 aliphatic heterocycles. The van der Waals surface area contributed by atoms with Crippen molar-refractivity contribution in [3.8, 4) is 0 Å². The van der Waals surface area contributed by atoms with Crippen molar-refractivity contribution in [1.29, 1.82) is 0 Å². The molecule has 0 aromatic heterocycles. The summed E-state index contributed by atoms with van der Waals surface area (Å²) < 4.78 is 28.9. The molecule has 3 N–H and O–H groups in total. The predicted octanol–water partition coefficient (Wildman–Crippen LogP) is 3.40. The molecular formula is C19H17Cl2F2N5OS. The first kappa shape index (κ1) is 22.2. The molecule has 0 unspecified atom stereocenters. The van der Waals surface area contributed by atoms with Crippen molar-refractivity contribution in [2.24, 2.45) is 10.8 Å². The lowest BCUT2D eigenvalue weighted by Gasteiger charge is -2.36. The maximum absolute atomic E-state index is 14.6. The monoisotopic (exact) mass is 471 g/mol. The van der Waals surface area contributed by atoms with Crippen LogP contribution in [0.5, 0.6) is 0 Å². The number of amides is 1. The summed E-state index contributed by atoms with van der Waals surface area (Å²) in [6, 6.07) is 6.83. The van der Waals surface area contributed by atoms with Crippen LogP contribution in [0.1, 0.15) is 15.9 Å². The smallest absolute Gasteiger partial charge is 0.254 e. The van der Waals surface area contributed by atoms with Gasteiger partial charge < -0.3 is 15.5 Å². The molecule has 6 nitrogen and oxygen atoms in total. The van der Waals surface area contributed by atoms with E-state index < -0.39 is 11.6 Å². The molecule has 0 spiro atoms. The average molecular weight is 472 g/mol. The van der Waals surface area contributed by atoms with Crippen LogP contribution in [-0.4, -0.2) is 48.3 Å². The molecule has 1 saturated heterocycles. The Morgan fingerprint density at radius 3 is 2.43 bits per heavy atom. The fourth-order valence-corrected chi connectivity index (χ4v) is 3.37. The third-order valence-electron chi connectivity index (χ3n) is 4.52. The van der Waals surface area contributed by atoms with Crippen LogP contribution in [0.15, 0.2) is 35.4 Å². The van der Waals surface area contributed by atoms with Gasteiger partial charge in [-0.3, -0.25) is 10.2 Å². The summed E-state index contributed by atoms with van der Waals surface area (Å²) in [4.78, 5) is 16.0. The second-order valence-corrected chi connectivity index (χ2v) is 7.72. The molecule has 2 aromatic carbocycles. The fraction of sp³-hybridized carbons (Fsp3) is 0.211. The zero-order chi connectivity index (χ0) is 21.8. The van der Waals surface area contributed by atoms with E-state index in [1.807, 2.05) is 0 Å². The van der Waals surface area contributed by atoms with E-state index in [1.54, 1.807) is 21.9 Å². The van der Waals surface area contributed by atoms with Crippen LogP contribution in [0.25, 0.3) is 0 Å². The van der Waals surface area contributed by atoms with E-state index in [-0.39, 0.29) is 22.3 Å². The van der Waals surface area contributed by atoms with Crippen LogP contribution in [-0.2, 0) is 0 Å². The standard InChI is InChI=1S/C19H17Cl2F2N5OS/c20-13-2-1-11(7-14(13)21)18(29)28-5-3-27(4-6-28)17-9-15(22)12(8-16(17)23)10-25-26-19(24)30/h1-2,7-10H,3-6H2,(H3,24,26,30)/b25-10+. The van der Waals surface area contributed by atoms with Crippen LogP contribution in [0.3, 0.4) is 0 Å². The van der Waals surface area contributed by atoms with Crippen molar-refractivity contribution in [2.45, 2.75) is 0 Å². The van der Waals surface area contributed by atoms with Crippen molar-refractivity contribution in [2.75, 3.05) is 31.1 Å². The zero-order valence-electron chi connectivity index (χ0n) is 15.5. The molecule has 0 saturated carbocycles. The third-order valence-corrected chi connectivity index (χ3v) is 5.35. The van der Waals surface area contributed by atoms with Gasteiger partial charge in [-0.2, -0.15) is 5.10 Å². The normalized spacial score (nSPS) is 14.3. The van der Waals surface area contributed by atoms with E-state index in [1.165, 1.54) is 6.07 Å². The largest absolute Gasteiger partial charge is 0.375 e. The number of thiocarbonyl (C=S) groups is 1. The molecule has 158 valence electrons. The van der Waals surface area contributed by atoms with Gasteiger partial charge >= 0.3 is 0 Å². The quantitative estimate of drug-likeness (QED) is 0.406. The molecule has 0 aliphatic carbocycles. The lowest BCUT2D eigenvalue weighted by molar-refractivity contribution is 0.0746. The highest BCUT2D eigenvalue weighted by Crippen LogP contribution is 2.26. The van der Waals surface area contributed by atoms with E-state index in [2.05, 4.69) is 22.7 Å². The summed E-state index contributed by atoms with van der Waals surface area (Å²) >= 11 is 16.4. The molecule has 0 atom stereocenters. The molecule has 3 rings (SSSR count). The highest BCUT2D eigenvalue weighted by molar-refractivity contribution is 7.80. The zero-order valence-corrected chi connectivity index (χ0v) is 17.9. The summed E-state index contributed by atoms with van der Waals surface area (Å²) in [5.41, 5.74) is 7.99. The number of hydrogen-bond acceptors (Lipinski definition) is 4. The number of nitrogens with two attached hydrogens (primary N) is 1. The van der Waals surface area contributed by atoms with Crippen LogP contribution in [0, 0.1) is 11.6 Å². The van der Waals surface area contributed by atoms with Gasteiger partial charge in [0.1, 0.15) is 11.6 Å². The Hall–Kier alpha value is -2.49. The van der Waals surface area contributed by atoms with Gasteiger partial charge in [-0.25, -0.2) is 8.78 Å².